The summed E-state index contributed by atoms with van der Waals surface area (Å²) in [5, 5.41) is 6.36. The minimum atomic E-state index is 0. The van der Waals surface area contributed by atoms with E-state index in [4.69, 9.17) is 0 Å². The van der Waals surface area contributed by atoms with Crippen molar-refractivity contribution in [1.29, 1.82) is 0 Å². The second-order valence-corrected chi connectivity index (χ2v) is 8.22. The number of carbonyl (C=O) groups is 2. The normalized spacial score (nSPS) is 29.9. The van der Waals surface area contributed by atoms with E-state index >= 15 is 0 Å². The molecule has 3 saturated heterocycles. The summed E-state index contributed by atoms with van der Waals surface area (Å²) in [4.78, 5) is 29.0. The number of amides is 2. The van der Waals surface area contributed by atoms with Crippen LogP contribution in [0.2, 0.25) is 0 Å². The molecule has 3 fully saturated rings. The van der Waals surface area contributed by atoms with Crippen molar-refractivity contribution in [3.05, 3.63) is 0 Å². The molecule has 2 amide bonds. The SMILES string of the molecule is CC1CCCN(C(=O)CN2CCCC(CNC(=O)C3CCCN3)C2)C1.Cl. The van der Waals surface area contributed by atoms with Crippen LogP contribution in [0.3, 0.4) is 0 Å². The number of nitrogens with one attached hydrogen (secondary N) is 2. The molecule has 6 nitrogen and oxygen atoms in total. The van der Waals surface area contributed by atoms with Crippen LogP contribution in [0.1, 0.15) is 45.4 Å². The van der Waals surface area contributed by atoms with Gasteiger partial charge < -0.3 is 15.5 Å². The highest BCUT2D eigenvalue weighted by Gasteiger charge is 2.27. The van der Waals surface area contributed by atoms with Gasteiger partial charge in [-0.05, 0) is 63.5 Å². The predicted octanol–water partition coefficient (Wildman–Crippen LogP) is 1.25. The number of rotatable bonds is 5. The summed E-state index contributed by atoms with van der Waals surface area (Å²) in [5.41, 5.74) is 0. The van der Waals surface area contributed by atoms with E-state index in [2.05, 4.69) is 22.5 Å². The Morgan fingerprint density at radius 2 is 1.88 bits per heavy atom. The summed E-state index contributed by atoms with van der Waals surface area (Å²) >= 11 is 0. The van der Waals surface area contributed by atoms with Crippen molar-refractivity contribution in [2.45, 2.75) is 51.5 Å². The lowest BCUT2D eigenvalue weighted by Gasteiger charge is -2.36. The fourth-order valence-electron chi connectivity index (χ4n) is 4.45. The molecule has 3 rings (SSSR count). The van der Waals surface area contributed by atoms with Crippen molar-refractivity contribution in [3.63, 3.8) is 0 Å². The molecular weight excluding hydrogens is 352 g/mol. The van der Waals surface area contributed by atoms with Crippen LogP contribution < -0.4 is 10.6 Å². The number of piperidine rings is 2. The Kier molecular flexibility index (Phi) is 8.64. The van der Waals surface area contributed by atoms with Gasteiger partial charge in [0.1, 0.15) is 0 Å². The van der Waals surface area contributed by atoms with Gasteiger partial charge in [-0.1, -0.05) is 6.92 Å². The number of nitrogens with zero attached hydrogens (tertiary/aromatic N) is 2. The monoisotopic (exact) mass is 386 g/mol. The molecule has 0 aromatic heterocycles. The first-order valence-corrected chi connectivity index (χ1v) is 10.1. The lowest BCUT2D eigenvalue weighted by Crippen LogP contribution is -2.49. The molecule has 7 heteroatoms. The number of hydrogen-bond acceptors (Lipinski definition) is 4. The summed E-state index contributed by atoms with van der Waals surface area (Å²) in [5.74, 6) is 1.53. The van der Waals surface area contributed by atoms with E-state index in [0.717, 1.165) is 71.4 Å². The largest absolute Gasteiger partial charge is 0.354 e. The molecule has 3 atom stereocenters. The molecule has 0 bridgehead atoms. The van der Waals surface area contributed by atoms with Gasteiger partial charge in [-0.25, -0.2) is 0 Å². The fraction of sp³-hybridized carbons (Fsp3) is 0.895. The van der Waals surface area contributed by atoms with Gasteiger partial charge in [0.15, 0.2) is 0 Å². The van der Waals surface area contributed by atoms with Crippen LogP contribution in [-0.4, -0.2) is 73.5 Å². The molecule has 26 heavy (non-hydrogen) atoms. The number of hydrogen-bond donors (Lipinski definition) is 2. The van der Waals surface area contributed by atoms with Gasteiger partial charge in [0.25, 0.3) is 0 Å². The van der Waals surface area contributed by atoms with Gasteiger partial charge in [-0.2, -0.15) is 0 Å². The number of halogens is 1. The quantitative estimate of drug-likeness (QED) is 0.746. The standard InChI is InChI=1S/C19H34N4O2.ClH/c1-15-5-3-10-23(12-15)18(24)14-22-9-4-6-16(13-22)11-21-19(25)17-7-2-8-20-17;/h15-17,20H,2-14H2,1H3,(H,21,25);1H. The minimum Gasteiger partial charge on any atom is -0.354 e. The highest BCUT2D eigenvalue weighted by atomic mass is 35.5. The number of likely N-dealkylation sites (tertiary alicyclic amines) is 2. The maximum absolute atomic E-state index is 12.6. The summed E-state index contributed by atoms with van der Waals surface area (Å²) in [7, 11) is 0. The molecule has 0 saturated carbocycles. The summed E-state index contributed by atoms with van der Waals surface area (Å²) in [6, 6.07) is 0.00219. The van der Waals surface area contributed by atoms with Crippen LogP contribution in [0.5, 0.6) is 0 Å². The molecule has 0 aromatic rings. The Morgan fingerprint density at radius 1 is 1.08 bits per heavy atom. The first-order chi connectivity index (χ1) is 12.1. The topological polar surface area (TPSA) is 64.7 Å². The average molecular weight is 387 g/mol. The van der Waals surface area contributed by atoms with Crippen LogP contribution >= 0.6 is 12.4 Å². The molecule has 2 N–H and O–H groups in total. The van der Waals surface area contributed by atoms with Gasteiger partial charge in [0.05, 0.1) is 12.6 Å². The third kappa shape index (κ3) is 6.10. The summed E-state index contributed by atoms with van der Waals surface area (Å²) in [6.07, 6.45) is 6.68. The van der Waals surface area contributed by atoms with E-state index in [1.54, 1.807) is 0 Å². The second kappa shape index (κ2) is 10.5. The minimum absolute atomic E-state index is 0. The lowest BCUT2D eigenvalue weighted by atomic mass is 9.97. The Bertz CT molecular complexity index is 470. The zero-order valence-corrected chi connectivity index (χ0v) is 16.9. The second-order valence-electron chi connectivity index (χ2n) is 8.22. The van der Waals surface area contributed by atoms with Crippen molar-refractivity contribution in [1.82, 2.24) is 20.4 Å². The third-order valence-electron chi connectivity index (χ3n) is 5.91. The van der Waals surface area contributed by atoms with Crippen molar-refractivity contribution < 1.29 is 9.59 Å². The Hall–Kier alpha value is -0.850. The molecule has 3 heterocycles. The van der Waals surface area contributed by atoms with Crippen LogP contribution in [0.4, 0.5) is 0 Å². The first kappa shape index (κ1) is 21.5. The smallest absolute Gasteiger partial charge is 0.237 e. The first-order valence-electron chi connectivity index (χ1n) is 10.1. The third-order valence-corrected chi connectivity index (χ3v) is 5.91. The molecular formula is C19H35ClN4O2. The molecule has 3 aliphatic heterocycles. The maximum Gasteiger partial charge on any atom is 0.237 e. The van der Waals surface area contributed by atoms with Crippen molar-refractivity contribution in [3.8, 4) is 0 Å². The van der Waals surface area contributed by atoms with Gasteiger partial charge in [-0.15, -0.1) is 12.4 Å². The van der Waals surface area contributed by atoms with Crippen LogP contribution in [0.15, 0.2) is 0 Å². The lowest BCUT2D eigenvalue weighted by molar-refractivity contribution is -0.134. The zero-order valence-electron chi connectivity index (χ0n) is 16.0. The molecule has 0 aliphatic carbocycles. The zero-order chi connectivity index (χ0) is 17.6. The molecule has 0 radical (unpaired) electrons. The van der Waals surface area contributed by atoms with Gasteiger partial charge in [0.2, 0.25) is 11.8 Å². The predicted molar refractivity (Wildman–Crippen MR) is 105 cm³/mol. The van der Waals surface area contributed by atoms with Gasteiger partial charge in [-0.3, -0.25) is 14.5 Å². The molecule has 0 aromatic carbocycles. The van der Waals surface area contributed by atoms with E-state index in [0.29, 0.717) is 18.4 Å². The van der Waals surface area contributed by atoms with E-state index in [1.165, 1.54) is 6.42 Å². The van der Waals surface area contributed by atoms with Gasteiger partial charge in [0, 0.05) is 26.2 Å². The molecule has 0 spiro atoms. The number of carbonyl (C=O) groups excluding carboxylic acids is 2. The summed E-state index contributed by atoms with van der Waals surface area (Å²) < 4.78 is 0. The average Bonchev–Trinajstić information content (AvgIpc) is 3.15. The van der Waals surface area contributed by atoms with Crippen LogP contribution in [-0.2, 0) is 9.59 Å². The van der Waals surface area contributed by atoms with E-state index in [9.17, 15) is 9.59 Å². The van der Waals surface area contributed by atoms with Crippen LogP contribution in [0, 0.1) is 11.8 Å². The molecule has 3 aliphatic rings. The Morgan fingerprint density at radius 3 is 2.62 bits per heavy atom. The Balaban J connectivity index is 0.00000243. The van der Waals surface area contributed by atoms with Crippen molar-refractivity contribution in [2.75, 3.05) is 45.8 Å². The fourth-order valence-corrected chi connectivity index (χ4v) is 4.45. The van der Waals surface area contributed by atoms with Crippen molar-refractivity contribution in [2.24, 2.45) is 11.8 Å². The summed E-state index contributed by atoms with van der Waals surface area (Å²) in [6.45, 7) is 8.23. The van der Waals surface area contributed by atoms with E-state index < -0.39 is 0 Å². The van der Waals surface area contributed by atoms with E-state index in [-0.39, 0.29) is 30.3 Å². The van der Waals surface area contributed by atoms with Crippen LogP contribution in [0.25, 0.3) is 0 Å². The molecule has 150 valence electrons. The highest BCUT2D eigenvalue weighted by Crippen LogP contribution is 2.18. The Labute approximate surface area is 163 Å². The molecule has 3 unspecified atom stereocenters. The van der Waals surface area contributed by atoms with Crippen molar-refractivity contribution >= 4 is 24.2 Å². The highest BCUT2D eigenvalue weighted by molar-refractivity contribution is 5.85. The van der Waals surface area contributed by atoms with E-state index in [1.807, 2.05) is 4.90 Å². The maximum atomic E-state index is 12.6. The van der Waals surface area contributed by atoms with Gasteiger partial charge >= 0.3 is 0 Å².